The first-order valence-electron chi connectivity index (χ1n) is 20.9. The van der Waals surface area contributed by atoms with Crippen LogP contribution < -0.4 is 14.4 Å². The van der Waals surface area contributed by atoms with E-state index in [1.54, 1.807) is 31.2 Å². The first-order valence-corrected chi connectivity index (χ1v) is 22.8. The Labute approximate surface area is 340 Å². The molecule has 5 aliphatic heterocycles. The molecule has 1 saturated carbocycles. The maximum Gasteiger partial charge on any atom is 0.264 e. The SMILES string of the molecule is CCO[C@@]1(C(=O)N2CCN3CCOC[C@@H]3C2)C2=C[C@@H](C2)[C@H](C)C(C)S(=O)(=O)NC(=O)c2ccc3c(c2)N(C[C@@H]2CC[C@H]21)C[C@@]1(CCCc2c1ccc(Cl)c2F)CO3. The van der Waals surface area contributed by atoms with Crippen LogP contribution in [0.2, 0.25) is 5.02 Å². The van der Waals surface area contributed by atoms with Crippen molar-refractivity contribution in [3.63, 3.8) is 0 Å². The molecule has 8 aliphatic rings. The van der Waals surface area contributed by atoms with Gasteiger partial charge in [-0.05, 0) is 111 Å². The minimum atomic E-state index is -4.08. The molecule has 57 heavy (non-hydrogen) atoms. The lowest BCUT2D eigenvalue weighted by molar-refractivity contribution is -0.175. The Morgan fingerprint density at radius 2 is 1.95 bits per heavy atom. The number of nitrogens with zero attached hydrogens (tertiary/aromatic N) is 3. The van der Waals surface area contributed by atoms with Gasteiger partial charge in [0.15, 0.2) is 5.60 Å². The van der Waals surface area contributed by atoms with Crippen LogP contribution in [-0.4, -0.2) is 113 Å². The summed E-state index contributed by atoms with van der Waals surface area (Å²) in [4.78, 5) is 35.9. The highest BCUT2D eigenvalue weighted by Gasteiger charge is 2.60. The third-order valence-electron chi connectivity index (χ3n) is 14.7. The summed E-state index contributed by atoms with van der Waals surface area (Å²) in [7, 11) is -4.08. The fourth-order valence-corrected chi connectivity index (χ4v) is 12.6. The van der Waals surface area contributed by atoms with Crippen molar-refractivity contribution in [2.24, 2.45) is 23.7 Å². The van der Waals surface area contributed by atoms with Crippen molar-refractivity contribution in [1.82, 2.24) is 14.5 Å². The molecule has 1 N–H and O–H groups in total. The fraction of sp³-hybridized carbons (Fsp3) is 0.628. The van der Waals surface area contributed by atoms with E-state index in [1.807, 2.05) is 24.8 Å². The summed E-state index contributed by atoms with van der Waals surface area (Å²) in [6, 6.07) is 8.76. The second-order valence-electron chi connectivity index (χ2n) is 17.6. The zero-order chi connectivity index (χ0) is 39.9. The van der Waals surface area contributed by atoms with Crippen molar-refractivity contribution >= 4 is 39.1 Å². The Balaban J connectivity index is 1.16. The molecule has 14 heteroatoms. The molecule has 1 spiro atoms. The topological polar surface area (TPSA) is 118 Å². The summed E-state index contributed by atoms with van der Waals surface area (Å²) in [5.74, 6) is -1.08. The normalized spacial score (nSPS) is 34.9. The van der Waals surface area contributed by atoms with Gasteiger partial charge in [-0.15, -0.1) is 0 Å². The number of amides is 2. The van der Waals surface area contributed by atoms with Gasteiger partial charge in [-0.1, -0.05) is 30.7 Å². The van der Waals surface area contributed by atoms with Gasteiger partial charge >= 0.3 is 0 Å². The summed E-state index contributed by atoms with van der Waals surface area (Å²) in [5, 5.41) is -0.784. The molecule has 2 aromatic carbocycles. The number of anilines is 1. The van der Waals surface area contributed by atoms with E-state index >= 15 is 9.18 Å². The second kappa shape index (κ2) is 14.8. The summed E-state index contributed by atoms with van der Waals surface area (Å²) in [6.07, 6.45) is 6.39. The summed E-state index contributed by atoms with van der Waals surface area (Å²) in [6.45, 7) is 11.2. The third kappa shape index (κ3) is 6.49. The molecule has 8 atom stereocenters. The van der Waals surface area contributed by atoms with Crippen molar-refractivity contribution in [2.45, 2.75) is 81.6 Å². The van der Waals surface area contributed by atoms with Crippen molar-refractivity contribution < 1.29 is 36.6 Å². The molecule has 2 amide bonds. The van der Waals surface area contributed by atoms with Crippen molar-refractivity contribution in [3.05, 3.63) is 69.5 Å². The smallest absolute Gasteiger partial charge is 0.264 e. The predicted molar refractivity (Wildman–Crippen MR) is 215 cm³/mol. The highest BCUT2D eigenvalue weighted by Crippen LogP contribution is 2.55. The molecule has 1 unspecified atom stereocenters. The minimum absolute atomic E-state index is 0.0115. The van der Waals surface area contributed by atoms with Crippen LogP contribution in [0.4, 0.5) is 10.1 Å². The molecule has 3 aliphatic carbocycles. The van der Waals surface area contributed by atoms with Gasteiger partial charge in [0.25, 0.3) is 11.8 Å². The number of morpholine rings is 1. The van der Waals surface area contributed by atoms with E-state index < -0.39 is 38.0 Å². The monoisotopic (exact) mass is 824 g/mol. The quantitative estimate of drug-likeness (QED) is 0.410. The number of rotatable bonds is 3. The van der Waals surface area contributed by atoms with E-state index in [0.29, 0.717) is 82.4 Å². The van der Waals surface area contributed by atoms with Crippen LogP contribution in [0.5, 0.6) is 5.75 Å². The average molecular weight is 825 g/mol. The zero-order valence-electron chi connectivity index (χ0n) is 33.1. The van der Waals surface area contributed by atoms with Gasteiger partial charge in [0, 0.05) is 62.8 Å². The van der Waals surface area contributed by atoms with E-state index in [-0.39, 0.29) is 46.2 Å². The molecule has 2 aromatic rings. The molecule has 0 aromatic heterocycles. The Bertz CT molecular complexity index is 2100. The standard InChI is InChI=1S/C43H54ClFN4O7S/c1-4-56-43(41(51)48-15-14-47-16-17-54-23-32(47)22-48)31-18-30(19-31)26(2)27(3)57(52,53)46-40(50)28-8-12-38-37(20-28)49(21-29-7-9-34(29)43)24-42(25-55-38)13-5-6-33-35(42)10-11-36(44)39(33)45/h8,10-12,18,20,26-27,29-30,32,34H,4-7,9,13-17,19,21-25H2,1-3H3,(H,46,50)/t26-,27?,29+,30+,32+,34-,42+,43+/m1/s1. The maximum absolute atomic E-state index is 15.7. The van der Waals surface area contributed by atoms with Gasteiger partial charge in [0.2, 0.25) is 10.0 Å². The van der Waals surface area contributed by atoms with Crippen LogP contribution >= 0.6 is 11.6 Å². The van der Waals surface area contributed by atoms with Gasteiger partial charge in [-0.2, -0.15) is 0 Å². The molecule has 3 fully saturated rings. The zero-order valence-corrected chi connectivity index (χ0v) is 34.7. The molecule has 2 saturated heterocycles. The van der Waals surface area contributed by atoms with E-state index in [2.05, 4.69) is 20.6 Å². The number of sulfonamides is 1. The molecule has 10 rings (SSSR count). The predicted octanol–water partition coefficient (Wildman–Crippen LogP) is 5.34. The Kier molecular flexibility index (Phi) is 10.2. The fourth-order valence-electron chi connectivity index (χ4n) is 11.1. The lowest BCUT2D eigenvalue weighted by Crippen LogP contribution is -2.67. The number of fused-ring (bicyclic) bond motifs is 7. The van der Waals surface area contributed by atoms with Gasteiger partial charge in [0.1, 0.15) is 11.6 Å². The number of carbonyl (C=O) groups excluding carboxylic acids is 2. The minimum Gasteiger partial charge on any atom is -0.490 e. The van der Waals surface area contributed by atoms with Gasteiger partial charge in [-0.3, -0.25) is 14.5 Å². The molecule has 11 nitrogen and oxygen atoms in total. The third-order valence-corrected chi connectivity index (χ3v) is 16.9. The highest BCUT2D eigenvalue weighted by atomic mass is 35.5. The number of ether oxygens (including phenoxy) is 3. The van der Waals surface area contributed by atoms with Gasteiger partial charge in [-0.25, -0.2) is 17.5 Å². The van der Waals surface area contributed by atoms with Gasteiger partial charge < -0.3 is 24.0 Å². The van der Waals surface area contributed by atoms with E-state index in [1.165, 1.54) is 0 Å². The molecular formula is C43H54ClFN4O7S. The van der Waals surface area contributed by atoms with Crippen molar-refractivity contribution in [2.75, 3.05) is 70.6 Å². The number of hydrogen-bond acceptors (Lipinski definition) is 9. The molecular weight excluding hydrogens is 771 g/mol. The van der Waals surface area contributed by atoms with Crippen molar-refractivity contribution in [3.8, 4) is 5.75 Å². The Morgan fingerprint density at radius 1 is 1.12 bits per heavy atom. The lowest BCUT2D eigenvalue weighted by atomic mass is 9.57. The largest absolute Gasteiger partial charge is 0.490 e. The van der Waals surface area contributed by atoms with Crippen LogP contribution in [0.25, 0.3) is 0 Å². The molecule has 4 bridgehead atoms. The Hall–Kier alpha value is -3.23. The average Bonchev–Trinajstić information content (AvgIpc) is 3.32. The number of hydrogen-bond donors (Lipinski definition) is 1. The van der Waals surface area contributed by atoms with E-state index in [9.17, 15) is 13.2 Å². The summed E-state index contributed by atoms with van der Waals surface area (Å²) in [5.41, 5.74) is 1.50. The van der Waals surface area contributed by atoms with Crippen molar-refractivity contribution in [1.29, 1.82) is 0 Å². The maximum atomic E-state index is 15.7. The number of carbonyl (C=O) groups is 2. The van der Waals surface area contributed by atoms with Crippen LogP contribution in [0.3, 0.4) is 0 Å². The second-order valence-corrected chi connectivity index (χ2v) is 20.0. The van der Waals surface area contributed by atoms with Crippen LogP contribution in [-0.2, 0) is 36.1 Å². The molecule has 5 heterocycles. The van der Waals surface area contributed by atoms with Crippen LogP contribution in [0.1, 0.15) is 74.4 Å². The van der Waals surface area contributed by atoms with Crippen LogP contribution in [0.15, 0.2) is 42.0 Å². The lowest BCUT2D eigenvalue weighted by Gasteiger charge is -2.56. The van der Waals surface area contributed by atoms with E-state index in [0.717, 1.165) is 49.9 Å². The number of piperazine rings is 1. The summed E-state index contributed by atoms with van der Waals surface area (Å²) < 4.78 is 65.1. The summed E-state index contributed by atoms with van der Waals surface area (Å²) >= 11 is 6.31. The molecule has 0 radical (unpaired) electrons. The first-order chi connectivity index (χ1) is 27.3. The number of allylic oxidation sites excluding steroid dienone is 1. The number of benzene rings is 2. The highest BCUT2D eigenvalue weighted by molar-refractivity contribution is 7.90. The molecule has 308 valence electrons. The van der Waals surface area contributed by atoms with Crippen LogP contribution in [0, 0.1) is 29.5 Å². The van der Waals surface area contributed by atoms with E-state index in [4.69, 9.17) is 25.8 Å². The Morgan fingerprint density at radius 3 is 2.72 bits per heavy atom. The first kappa shape index (κ1) is 39.2. The number of halogens is 2. The van der Waals surface area contributed by atoms with Gasteiger partial charge in [0.05, 0.1) is 41.8 Å². The number of nitrogens with one attached hydrogen (secondary N) is 1.